The molecule has 0 aliphatic rings. The van der Waals surface area contributed by atoms with Gasteiger partial charge in [0.1, 0.15) is 24.4 Å². The maximum Gasteiger partial charge on any atom is 0.514 e. The van der Waals surface area contributed by atoms with Crippen molar-refractivity contribution >= 4 is 24.2 Å². The summed E-state index contributed by atoms with van der Waals surface area (Å²) in [5.41, 5.74) is 0.483. The summed E-state index contributed by atoms with van der Waals surface area (Å²) < 4.78 is 26.4. The zero-order valence-electron chi connectivity index (χ0n) is 24.5. The SMILES string of the molecule is CCCCC(=O)OC(C)CN[C@@H](Cc1ccc(OC(=O)OC(C)CCC)c(OC(=O)OC(C)CCC)c1)C(=O)O. The van der Waals surface area contributed by atoms with E-state index in [4.69, 9.17) is 23.7 Å². The molecule has 40 heavy (non-hydrogen) atoms. The van der Waals surface area contributed by atoms with Gasteiger partial charge in [-0.15, -0.1) is 0 Å². The third-order valence-electron chi connectivity index (χ3n) is 5.84. The van der Waals surface area contributed by atoms with E-state index in [9.17, 15) is 24.3 Å². The van der Waals surface area contributed by atoms with Crippen molar-refractivity contribution in [3.8, 4) is 11.5 Å². The van der Waals surface area contributed by atoms with Crippen molar-refractivity contribution in [2.75, 3.05) is 6.54 Å². The lowest BCUT2D eigenvalue weighted by molar-refractivity contribution is -0.148. The molecule has 0 aromatic heterocycles. The van der Waals surface area contributed by atoms with Gasteiger partial charge in [-0.2, -0.15) is 0 Å². The maximum atomic E-state index is 12.4. The van der Waals surface area contributed by atoms with Crippen LogP contribution in [0.1, 0.15) is 92.1 Å². The summed E-state index contributed by atoms with van der Waals surface area (Å²) in [4.78, 5) is 48.5. The van der Waals surface area contributed by atoms with Crippen LogP contribution in [0.5, 0.6) is 11.5 Å². The van der Waals surface area contributed by atoms with Crippen LogP contribution in [0.4, 0.5) is 9.59 Å². The van der Waals surface area contributed by atoms with Gasteiger partial charge in [0.2, 0.25) is 0 Å². The van der Waals surface area contributed by atoms with Gasteiger partial charge in [0.15, 0.2) is 11.5 Å². The van der Waals surface area contributed by atoms with Crippen molar-refractivity contribution in [2.45, 2.75) is 117 Å². The predicted octanol–water partition coefficient (Wildman–Crippen LogP) is 5.80. The molecule has 0 bridgehead atoms. The van der Waals surface area contributed by atoms with Gasteiger partial charge in [-0.05, 0) is 64.2 Å². The molecule has 1 rings (SSSR count). The van der Waals surface area contributed by atoms with Crippen LogP contribution < -0.4 is 14.8 Å². The zero-order chi connectivity index (χ0) is 30.1. The molecule has 3 unspecified atom stereocenters. The number of esters is 1. The number of carbonyl (C=O) groups is 4. The highest BCUT2D eigenvalue weighted by Crippen LogP contribution is 2.30. The second-order valence-electron chi connectivity index (χ2n) is 9.83. The Morgan fingerprint density at radius 2 is 1.38 bits per heavy atom. The van der Waals surface area contributed by atoms with Crippen LogP contribution in [0.3, 0.4) is 0 Å². The highest BCUT2D eigenvalue weighted by molar-refractivity contribution is 5.74. The quantitative estimate of drug-likeness (QED) is 0.126. The second-order valence-corrected chi connectivity index (χ2v) is 9.83. The van der Waals surface area contributed by atoms with E-state index in [1.165, 1.54) is 12.1 Å². The van der Waals surface area contributed by atoms with Gasteiger partial charge in [-0.1, -0.05) is 46.1 Å². The molecule has 11 nitrogen and oxygen atoms in total. The Labute approximate surface area is 236 Å². The van der Waals surface area contributed by atoms with Crippen LogP contribution in [0, 0.1) is 0 Å². The highest BCUT2D eigenvalue weighted by atomic mass is 16.7. The van der Waals surface area contributed by atoms with Crippen molar-refractivity contribution in [1.29, 1.82) is 0 Å². The normalized spacial score (nSPS) is 13.8. The number of ether oxygens (including phenoxy) is 5. The molecular weight excluding hydrogens is 522 g/mol. The fourth-order valence-electron chi connectivity index (χ4n) is 3.77. The first-order chi connectivity index (χ1) is 19.0. The predicted molar refractivity (Wildman–Crippen MR) is 148 cm³/mol. The number of carboxylic acid groups (broad SMARTS) is 1. The van der Waals surface area contributed by atoms with Crippen molar-refractivity contribution in [3.05, 3.63) is 23.8 Å². The largest absolute Gasteiger partial charge is 0.514 e. The summed E-state index contributed by atoms with van der Waals surface area (Å²) in [5, 5.41) is 12.6. The highest BCUT2D eigenvalue weighted by Gasteiger charge is 2.23. The lowest BCUT2D eigenvalue weighted by Crippen LogP contribution is -2.42. The molecule has 0 spiro atoms. The van der Waals surface area contributed by atoms with E-state index in [2.05, 4.69) is 5.32 Å². The van der Waals surface area contributed by atoms with Crippen LogP contribution in [0.25, 0.3) is 0 Å². The van der Waals surface area contributed by atoms with E-state index in [1.54, 1.807) is 26.8 Å². The van der Waals surface area contributed by atoms with Gasteiger partial charge in [-0.3, -0.25) is 9.59 Å². The van der Waals surface area contributed by atoms with Crippen molar-refractivity contribution < 1.29 is 48.0 Å². The van der Waals surface area contributed by atoms with Gasteiger partial charge >= 0.3 is 24.2 Å². The third-order valence-corrected chi connectivity index (χ3v) is 5.84. The minimum absolute atomic E-state index is 0.00173. The maximum absolute atomic E-state index is 12.4. The molecule has 0 radical (unpaired) electrons. The Kier molecular flexibility index (Phi) is 16.4. The molecule has 0 saturated heterocycles. The van der Waals surface area contributed by atoms with Gasteiger partial charge in [0.25, 0.3) is 0 Å². The van der Waals surface area contributed by atoms with Gasteiger partial charge in [0, 0.05) is 13.0 Å². The number of nitrogens with one attached hydrogen (secondary N) is 1. The summed E-state index contributed by atoms with van der Waals surface area (Å²) >= 11 is 0. The van der Waals surface area contributed by atoms with Gasteiger partial charge in [0.05, 0.1) is 0 Å². The van der Waals surface area contributed by atoms with Crippen LogP contribution >= 0.6 is 0 Å². The molecule has 0 heterocycles. The second kappa shape index (κ2) is 18.9. The molecule has 1 aromatic carbocycles. The Bertz CT molecular complexity index is 951. The fourth-order valence-corrected chi connectivity index (χ4v) is 3.77. The summed E-state index contributed by atoms with van der Waals surface area (Å²) in [5.74, 6) is -1.64. The number of hydrogen-bond acceptors (Lipinski definition) is 10. The van der Waals surface area contributed by atoms with Crippen LogP contribution in [0.2, 0.25) is 0 Å². The van der Waals surface area contributed by atoms with E-state index in [1.807, 2.05) is 20.8 Å². The van der Waals surface area contributed by atoms with Crippen molar-refractivity contribution in [3.63, 3.8) is 0 Å². The van der Waals surface area contributed by atoms with E-state index in [-0.39, 0.29) is 42.6 Å². The molecule has 4 atom stereocenters. The molecule has 0 aliphatic heterocycles. The van der Waals surface area contributed by atoms with E-state index in [0.717, 1.165) is 25.7 Å². The summed E-state index contributed by atoms with van der Waals surface area (Å²) in [7, 11) is 0. The average molecular weight is 568 g/mol. The lowest BCUT2D eigenvalue weighted by atomic mass is 10.0. The Balaban J connectivity index is 3.02. The molecule has 11 heteroatoms. The van der Waals surface area contributed by atoms with Crippen LogP contribution in [0.15, 0.2) is 18.2 Å². The number of aliphatic carboxylic acids is 1. The van der Waals surface area contributed by atoms with E-state index in [0.29, 0.717) is 24.8 Å². The third kappa shape index (κ3) is 14.2. The lowest BCUT2D eigenvalue weighted by Gasteiger charge is -2.19. The smallest absolute Gasteiger partial charge is 0.480 e. The Morgan fingerprint density at radius 1 is 0.800 bits per heavy atom. The monoisotopic (exact) mass is 567 g/mol. The minimum atomic E-state index is -1.12. The van der Waals surface area contributed by atoms with Crippen molar-refractivity contribution in [2.24, 2.45) is 0 Å². The number of hydrogen-bond donors (Lipinski definition) is 2. The number of carbonyl (C=O) groups excluding carboxylic acids is 3. The molecule has 2 N–H and O–H groups in total. The first-order valence-electron chi connectivity index (χ1n) is 14.0. The van der Waals surface area contributed by atoms with Crippen molar-refractivity contribution in [1.82, 2.24) is 5.32 Å². The summed E-state index contributed by atoms with van der Waals surface area (Å²) in [6.07, 6.45) is 1.60. The molecule has 0 fully saturated rings. The number of benzene rings is 1. The van der Waals surface area contributed by atoms with Gasteiger partial charge in [-0.25, -0.2) is 9.59 Å². The van der Waals surface area contributed by atoms with Crippen LogP contribution in [-0.4, -0.2) is 60.3 Å². The number of carboxylic acids is 1. The summed E-state index contributed by atoms with van der Waals surface area (Å²) in [6, 6.07) is 3.33. The minimum Gasteiger partial charge on any atom is -0.480 e. The van der Waals surface area contributed by atoms with E-state index >= 15 is 0 Å². The van der Waals surface area contributed by atoms with Crippen LogP contribution in [-0.2, 0) is 30.2 Å². The number of rotatable bonds is 18. The fraction of sp³-hybridized carbons (Fsp3) is 0.655. The molecule has 0 saturated carbocycles. The Morgan fingerprint density at radius 3 is 1.90 bits per heavy atom. The molecule has 0 amide bonds. The number of unbranched alkanes of at least 4 members (excludes halogenated alkanes) is 1. The van der Waals surface area contributed by atoms with E-state index < -0.39 is 30.4 Å². The average Bonchev–Trinajstić information content (AvgIpc) is 2.86. The van der Waals surface area contributed by atoms with Gasteiger partial charge < -0.3 is 34.1 Å². The molecule has 0 aliphatic carbocycles. The molecular formula is C29H45NO10. The molecule has 1 aromatic rings. The zero-order valence-corrected chi connectivity index (χ0v) is 24.5. The first kappa shape index (κ1) is 34.7. The topological polar surface area (TPSA) is 147 Å². The first-order valence-corrected chi connectivity index (χ1v) is 14.0. The molecule has 226 valence electrons. The standard InChI is InChI=1S/C29H45NO10/c1-7-10-13-26(31)36-21(6)18-30-23(27(32)33)16-22-14-15-24(39-28(34)37-19(4)11-8-2)25(17-22)40-29(35)38-20(5)12-9-3/h14-15,17,19-21,23,30H,7-13,16,18H2,1-6H3,(H,32,33)/t19?,20?,21?,23-/m0/s1. The Hall–Kier alpha value is -3.34. The summed E-state index contributed by atoms with van der Waals surface area (Å²) in [6.45, 7) is 11.2.